The Morgan fingerprint density at radius 2 is 0.983 bits per heavy atom. The van der Waals surface area contributed by atoms with Crippen molar-refractivity contribution in [3.05, 3.63) is 212 Å². The second-order valence-electron chi connectivity index (χ2n) is 15.2. The highest BCUT2D eigenvalue weighted by atomic mass is 32.1. The Hall–Kier alpha value is -7.53. The molecule has 0 aliphatic carbocycles. The number of hydrogen-bond acceptors (Lipinski definition) is 3. The van der Waals surface area contributed by atoms with E-state index in [4.69, 9.17) is 4.98 Å². The van der Waals surface area contributed by atoms with Crippen LogP contribution in [0.15, 0.2) is 212 Å². The molecule has 0 N–H and O–H groups in total. The Balaban J connectivity index is 0.978. The van der Waals surface area contributed by atoms with E-state index in [1.807, 2.05) is 0 Å². The van der Waals surface area contributed by atoms with Gasteiger partial charge in [0.15, 0.2) is 0 Å². The molecule has 3 nitrogen and oxygen atoms in total. The maximum atomic E-state index is 5.15. The Labute approximate surface area is 345 Å². The molecular formula is C55H35N3S. The smallest absolute Gasteiger partial charge is 0.124 e. The Kier molecular flexibility index (Phi) is 7.72. The fourth-order valence-electron chi connectivity index (χ4n) is 8.92. The summed E-state index contributed by atoms with van der Waals surface area (Å²) in [5.74, 6) is 0. The lowest BCUT2D eigenvalue weighted by molar-refractivity contribution is 1.18. The number of hydrogen-bond donors (Lipinski definition) is 0. The summed E-state index contributed by atoms with van der Waals surface area (Å²) < 4.78 is 3.60. The van der Waals surface area contributed by atoms with E-state index in [1.54, 1.807) is 11.3 Å². The number of nitrogens with zero attached hydrogens (tertiary/aromatic N) is 3. The van der Waals surface area contributed by atoms with E-state index in [0.29, 0.717) is 0 Å². The molecule has 2 aromatic heterocycles. The van der Waals surface area contributed by atoms with Gasteiger partial charge in [-0.2, -0.15) is 0 Å². The summed E-state index contributed by atoms with van der Waals surface area (Å²) in [5.41, 5.74) is 11.3. The number of rotatable bonds is 6. The minimum Gasteiger partial charge on any atom is -0.310 e. The molecule has 0 fully saturated rings. The van der Waals surface area contributed by atoms with E-state index in [-0.39, 0.29) is 0 Å². The van der Waals surface area contributed by atoms with E-state index in [2.05, 4.69) is 222 Å². The lowest BCUT2D eigenvalue weighted by atomic mass is 10.0. The standard InChI is InChI=1S/C55H35N3S/c1-2-13-42(14-3-1)58-52-17-9-8-16-48(52)50-35-45(29-33-53(50)58)57(43-25-20-37(21-26-43)41-19-18-36-10-4-5-12-40(36)34-41)44-27-22-39(23-28-44)55-56-51-32-31-47-46-15-7-6-11-38(46)24-30-49(47)54(51)59-55/h1-35H. The molecule has 0 spiro atoms. The van der Waals surface area contributed by atoms with Gasteiger partial charge >= 0.3 is 0 Å². The van der Waals surface area contributed by atoms with Crippen molar-refractivity contribution in [3.63, 3.8) is 0 Å². The fourth-order valence-corrected chi connectivity index (χ4v) is 10.0. The summed E-state index contributed by atoms with van der Waals surface area (Å²) in [7, 11) is 0. The van der Waals surface area contributed by atoms with Gasteiger partial charge in [0.1, 0.15) is 5.01 Å². The molecule has 59 heavy (non-hydrogen) atoms. The number of thiazole rings is 1. The highest BCUT2D eigenvalue weighted by Gasteiger charge is 2.19. The van der Waals surface area contributed by atoms with Crippen molar-refractivity contribution in [2.75, 3.05) is 4.90 Å². The lowest BCUT2D eigenvalue weighted by Gasteiger charge is -2.26. The van der Waals surface area contributed by atoms with E-state index >= 15 is 0 Å². The van der Waals surface area contributed by atoms with Crippen LogP contribution in [0.3, 0.4) is 0 Å². The first-order valence-electron chi connectivity index (χ1n) is 20.0. The largest absolute Gasteiger partial charge is 0.310 e. The van der Waals surface area contributed by atoms with Crippen LogP contribution in [0.25, 0.3) is 91.7 Å². The maximum absolute atomic E-state index is 5.15. The topological polar surface area (TPSA) is 21.1 Å². The van der Waals surface area contributed by atoms with Crippen molar-refractivity contribution in [1.82, 2.24) is 9.55 Å². The number of fused-ring (bicyclic) bond motifs is 9. The van der Waals surface area contributed by atoms with Gasteiger partial charge in [-0.15, -0.1) is 11.3 Å². The molecule has 10 aromatic carbocycles. The van der Waals surface area contributed by atoms with E-state index < -0.39 is 0 Å². The Morgan fingerprint density at radius 1 is 0.373 bits per heavy atom. The molecule has 0 amide bonds. The Bertz CT molecular complexity index is 3550. The van der Waals surface area contributed by atoms with Crippen molar-refractivity contribution >= 4 is 92.7 Å². The average molecular weight is 770 g/mol. The zero-order valence-electron chi connectivity index (χ0n) is 32.0. The molecule has 0 aliphatic rings. The molecule has 12 aromatic rings. The molecule has 0 bridgehead atoms. The first-order chi connectivity index (χ1) is 29.2. The first-order valence-corrected chi connectivity index (χ1v) is 20.8. The van der Waals surface area contributed by atoms with Gasteiger partial charge in [-0.05, 0) is 123 Å². The Morgan fingerprint density at radius 3 is 1.80 bits per heavy atom. The molecule has 0 unspecified atom stereocenters. The van der Waals surface area contributed by atoms with E-state index in [1.165, 1.54) is 70.0 Å². The van der Waals surface area contributed by atoms with Crippen LogP contribution in [0.5, 0.6) is 0 Å². The summed E-state index contributed by atoms with van der Waals surface area (Å²) in [6, 6.07) is 76.9. The van der Waals surface area contributed by atoms with Crippen LogP contribution in [0.2, 0.25) is 0 Å². The zero-order chi connectivity index (χ0) is 38.9. The fraction of sp³-hybridized carbons (Fsp3) is 0. The number of aromatic nitrogens is 2. The molecular weight excluding hydrogens is 735 g/mol. The molecule has 2 heterocycles. The van der Waals surface area contributed by atoms with Gasteiger partial charge in [0.2, 0.25) is 0 Å². The SMILES string of the molecule is c1ccc(-n2c3ccccc3c3cc(N(c4ccc(-c5ccc6ccccc6c5)cc4)c4ccc(-c5nc6ccc7c8ccccc8ccc7c6s5)cc4)ccc32)cc1. The van der Waals surface area contributed by atoms with E-state index in [9.17, 15) is 0 Å². The van der Waals surface area contributed by atoms with Gasteiger partial charge in [0.05, 0.1) is 21.3 Å². The van der Waals surface area contributed by atoms with Gasteiger partial charge < -0.3 is 9.47 Å². The van der Waals surface area contributed by atoms with Crippen LogP contribution >= 0.6 is 11.3 Å². The highest BCUT2D eigenvalue weighted by molar-refractivity contribution is 7.22. The van der Waals surface area contributed by atoms with Crippen LogP contribution in [-0.2, 0) is 0 Å². The van der Waals surface area contributed by atoms with Crippen molar-refractivity contribution in [2.45, 2.75) is 0 Å². The summed E-state index contributed by atoms with van der Waals surface area (Å²) >= 11 is 1.77. The van der Waals surface area contributed by atoms with Crippen LogP contribution in [0.4, 0.5) is 17.1 Å². The van der Waals surface area contributed by atoms with Crippen LogP contribution in [0.1, 0.15) is 0 Å². The number of benzene rings is 10. The predicted octanol–water partition coefficient (Wildman–Crippen LogP) is 15.7. The molecule has 0 saturated carbocycles. The van der Waals surface area contributed by atoms with Crippen LogP contribution in [-0.4, -0.2) is 9.55 Å². The lowest BCUT2D eigenvalue weighted by Crippen LogP contribution is -2.10. The molecule has 4 heteroatoms. The monoisotopic (exact) mass is 769 g/mol. The van der Waals surface area contributed by atoms with Crippen LogP contribution in [0, 0.1) is 0 Å². The molecule has 0 saturated heterocycles. The summed E-state index contributed by atoms with van der Waals surface area (Å²) in [4.78, 5) is 7.53. The molecule has 0 aliphatic heterocycles. The molecule has 276 valence electrons. The summed E-state index contributed by atoms with van der Waals surface area (Å²) in [5, 5.41) is 11.0. The van der Waals surface area contributed by atoms with Crippen molar-refractivity contribution in [2.24, 2.45) is 0 Å². The predicted molar refractivity (Wildman–Crippen MR) is 252 cm³/mol. The quantitative estimate of drug-likeness (QED) is 0.157. The number of para-hydroxylation sites is 2. The minimum atomic E-state index is 1.02. The average Bonchev–Trinajstić information content (AvgIpc) is 3.90. The van der Waals surface area contributed by atoms with Gasteiger partial charge in [-0.25, -0.2) is 4.98 Å². The minimum absolute atomic E-state index is 1.02. The normalized spacial score (nSPS) is 11.7. The van der Waals surface area contributed by atoms with Gasteiger partial charge in [-0.3, -0.25) is 0 Å². The van der Waals surface area contributed by atoms with Crippen molar-refractivity contribution in [1.29, 1.82) is 0 Å². The van der Waals surface area contributed by atoms with E-state index in [0.717, 1.165) is 38.8 Å². The zero-order valence-corrected chi connectivity index (χ0v) is 32.8. The van der Waals surface area contributed by atoms with Gasteiger partial charge in [0.25, 0.3) is 0 Å². The van der Waals surface area contributed by atoms with Gasteiger partial charge in [-0.1, -0.05) is 127 Å². The van der Waals surface area contributed by atoms with Crippen LogP contribution < -0.4 is 4.90 Å². The second kappa shape index (κ2) is 13.6. The first kappa shape index (κ1) is 33.6. The van der Waals surface area contributed by atoms with Gasteiger partial charge in [0, 0.05) is 44.5 Å². The molecule has 0 radical (unpaired) electrons. The highest BCUT2D eigenvalue weighted by Crippen LogP contribution is 2.42. The third-order valence-electron chi connectivity index (χ3n) is 11.8. The number of anilines is 3. The molecule has 0 atom stereocenters. The third kappa shape index (κ3) is 5.60. The second-order valence-corrected chi connectivity index (χ2v) is 16.2. The maximum Gasteiger partial charge on any atom is 0.124 e. The molecule has 12 rings (SSSR count). The van der Waals surface area contributed by atoms with Crippen molar-refractivity contribution in [3.8, 4) is 27.4 Å². The van der Waals surface area contributed by atoms with Crippen molar-refractivity contribution < 1.29 is 0 Å². The summed E-state index contributed by atoms with van der Waals surface area (Å²) in [6.07, 6.45) is 0. The summed E-state index contributed by atoms with van der Waals surface area (Å²) in [6.45, 7) is 0. The third-order valence-corrected chi connectivity index (χ3v) is 12.9.